The molecule has 1 N–H and O–H groups in total. The third kappa shape index (κ3) is 3.30. The molecule has 146 valence electrons. The van der Waals surface area contributed by atoms with Crippen LogP contribution in [0.25, 0.3) is 17.2 Å². The number of amides is 1. The maximum absolute atomic E-state index is 12.8. The van der Waals surface area contributed by atoms with E-state index in [4.69, 9.17) is 4.74 Å². The molecule has 0 aliphatic carbocycles. The third-order valence-corrected chi connectivity index (χ3v) is 4.24. The van der Waals surface area contributed by atoms with Crippen LogP contribution in [0.2, 0.25) is 0 Å². The molecular formula is C17H15F3N6O2. The van der Waals surface area contributed by atoms with Gasteiger partial charge in [-0.15, -0.1) is 0 Å². The Balaban J connectivity index is 1.79. The summed E-state index contributed by atoms with van der Waals surface area (Å²) in [5.41, 5.74) is 1.26. The van der Waals surface area contributed by atoms with E-state index in [1.165, 1.54) is 7.05 Å². The lowest BCUT2D eigenvalue weighted by Gasteiger charge is -2.10. The van der Waals surface area contributed by atoms with Crippen molar-refractivity contribution in [3.63, 3.8) is 0 Å². The van der Waals surface area contributed by atoms with E-state index in [9.17, 15) is 18.0 Å². The number of aromatic nitrogens is 5. The van der Waals surface area contributed by atoms with E-state index in [0.29, 0.717) is 35.9 Å². The van der Waals surface area contributed by atoms with Crippen LogP contribution in [0.5, 0.6) is 5.75 Å². The Kier molecular flexibility index (Phi) is 4.28. The second-order valence-electron chi connectivity index (χ2n) is 6.13. The molecule has 0 spiro atoms. The number of ether oxygens (including phenoxy) is 1. The quantitative estimate of drug-likeness (QED) is 0.737. The van der Waals surface area contributed by atoms with Gasteiger partial charge in [-0.1, -0.05) is 0 Å². The van der Waals surface area contributed by atoms with Crippen molar-refractivity contribution in [2.45, 2.75) is 19.1 Å². The number of fused-ring (bicyclic) bond motifs is 3. The Labute approximate surface area is 157 Å². The summed E-state index contributed by atoms with van der Waals surface area (Å²) >= 11 is 0. The van der Waals surface area contributed by atoms with Crippen molar-refractivity contribution < 1.29 is 22.7 Å². The first-order valence-electron chi connectivity index (χ1n) is 8.38. The predicted octanol–water partition coefficient (Wildman–Crippen LogP) is 1.99. The molecule has 0 radical (unpaired) electrons. The van der Waals surface area contributed by atoms with Crippen LogP contribution in [-0.2, 0) is 13.0 Å². The minimum absolute atomic E-state index is 0.0165. The van der Waals surface area contributed by atoms with Crippen LogP contribution in [0.4, 0.5) is 13.2 Å². The average Bonchev–Trinajstić information content (AvgIpc) is 3.23. The van der Waals surface area contributed by atoms with Gasteiger partial charge in [-0.05, 0) is 18.2 Å². The Hall–Kier alpha value is -3.37. The molecule has 8 nitrogen and oxygen atoms in total. The van der Waals surface area contributed by atoms with E-state index >= 15 is 0 Å². The van der Waals surface area contributed by atoms with Gasteiger partial charge >= 0.3 is 6.18 Å². The van der Waals surface area contributed by atoms with Crippen molar-refractivity contribution in [1.82, 2.24) is 29.6 Å². The van der Waals surface area contributed by atoms with Gasteiger partial charge in [0.15, 0.2) is 5.82 Å². The van der Waals surface area contributed by atoms with E-state index in [0.717, 1.165) is 11.0 Å². The van der Waals surface area contributed by atoms with Crippen LogP contribution < -0.4 is 10.1 Å². The molecule has 0 fully saturated rings. The van der Waals surface area contributed by atoms with Crippen LogP contribution in [0.15, 0.2) is 30.7 Å². The SMILES string of the molecule is CNC(=O)c1ccc2c(c1)-n1cc(-c3ncnn3CC(F)(F)F)nc1CCO2. The van der Waals surface area contributed by atoms with E-state index < -0.39 is 12.7 Å². The lowest BCUT2D eigenvalue weighted by molar-refractivity contribution is -0.142. The number of halogens is 3. The third-order valence-electron chi connectivity index (χ3n) is 4.24. The highest BCUT2D eigenvalue weighted by atomic mass is 19.4. The molecule has 0 saturated carbocycles. The summed E-state index contributed by atoms with van der Waals surface area (Å²) in [7, 11) is 1.53. The highest BCUT2D eigenvalue weighted by molar-refractivity contribution is 5.94. The van der Waals surface area contributed by atoms with Crippen molar-refractivity contribution in [2.75, 3.05) is 13.7 Å². The van der Waals surface area contributed by atoms with E-state index in [1.807, 2.05) is 0 Å². The molecule has 0 atom stereocenters. The Bertz CT molecular complexity index is 1040. The van der Waals surface area contributed by atoms with Crippen molar-refractivity contribution >= 4 is 5.91 Å². The van der Waals surface area contributed by atoms with Gasteiger partial charge in [0.05, 0.1) is 12.3 Å². The topological polar surface area (TPSA) is 86.9 Å². The monoisotopic (exact) mass is 392 g/mol. The molecule has 3 aromatic rings. The molecule has 2 aromatic heterocycles. The molecule has 28 heavy (non-hydrogen) atoms. The number of hydrogen-bond acceptors (Lipinski definition) is 5. The summed E-state index contributed by atoms with van der Waals surface area (Å²) in [4.78, 5) is 20.3. The van der Waals surface area contributed by atoms with Gasteiger partial charge in [-0.3, -0.25) is 9.36 Å². The van der Waals surface area contributed by atoms with E-state index in [-0.39, 0.29) is 17.4 Å². The zero-order chi connectivity index (χ0) is 19.9. The maximum atomic E-state index is 12.8. The van der Waals surface area contributed by atoms with Crippen LogP contribution in [0.1, 0.15) is 16.2 Å². The second kappa shape index (κ2) is 6.66. The lowest BCUT2D eigenvalue weighted by Crippen LogP contribution is -2.19. The first-order chi connectivity index (χ1) is 13.4. The van der Waals surface area contributed by atoms with Crippen LogP contribution in [-0.4, -0.2) is 50.1 Å². The smallest absolute Gasteiger partial charge is 0.408 e. The van der Waals surface area contributed by atoms with E-state index in [2.05, 4.69) is 20.4 Å². The maximum Gasteiger partial charge on any atom is 0.408 e. The first kappa shape index (κ1) is 18.0. The summed E-state index contributed by atoms with van der Waals surface area (Å²) in [6, 6.07) is 4.97. The summed E-state index contributed by atoms with van der Waals surface area (Å²) in [6.07, 6.45) is -1.35. The van der Waals surface area contributed by atoms with Crippen molar-refractivity contribution in [3.05, 3.63) is 42.1 Å². The van der Waals surface area contributed by atoms with Gasteiger partial charge in [-0.2, -0.15) is 18.3 Å². The van der Waals surface area contributed by atoms with Crippen molar-refractivity contribution in [3.8, 4) is 23.0 Å². The minimum atomic E-state index is -4.43. The molecule has 4 rings (SSSR count). The molecule has 0 saturated heterocycles. The number of hydrogen-bond donors (Lipinski definition) is 1. The fourth-order valence-corrected chi connectivity index (χ4v) is 3.02. The lowest BCUT2D eigenvalue weighted by atomic mass is 10.1. The molecule has 1 amide bonds. The largest absolute Gasteiger partial charge is 0.491 e. The molecule has 0 bridgehead atoms. The van der Waals surface area contributed by atoms with Gasteiger partial charge in [0, 0.05) is 25.2 Å². The number of nitrogens with zero attached hydrogens (tertiary/aromatic N) is 5. The van der Waals surface area contributed by atoms with Gasteiger partial charge in [-0.25, -0.2) is 14.6 Å². The van der Waals surface area contributed by atoms with Gasteiger partial charge in [0.2, 0.25) is 0 Å². The Morgan fingerprint density at radius 3 is 2.93 bits per heavy atom. The molecule has 0 unspecified atom stereocenters. The molecule has 11 heteroatoms. The number of carbonyl (C=O) groups is 1. The van der Waals surface area contributed by atoms with Gasteiger partial charge in [0.25, 0.3) is 5.91 Å². The number of imidazole rings is 1. The number of benzene rings is 1. The normalized spacial score (nSPS) is 13.3. The highest BCUT2D eigenvalue weighted by Crippen LogP contribution is 2.31. The Morgan fingerprint density at radius 1 is 1.36 bits per heavy atom. The molecule has 1 aliphatic rings. The van der Waals surface area contributed by atoms with Gasteiger partial charge in [0.1, 0.15) is 30.1 Å². The number of rotatable bonds is 3. The fourth-order valence-electron chi connectivity index (χ4n) is 3.02. The Morgan fingerprint density at radius 2 is 2.18 bits per heavy atom. The number of nitrogens with one attached hydrogen (secondary N) is 1. The molecule has 1 aromatic carbocycles. The minimum Gasteiger partial charge on any atom is -0.491 e. The zero-order valence-electron chi connectivity index (χ0n) is 14.7. The first-order valence-corrected chi connectivity index (χ1v) is 8.38. The van der Waals surface area contributed by atoms with E-state index in [1.54, 1.807) is 29.0 Å². The average molecular weight is 392 g/mol. The summed E-state index contributed by atoms with van der Waals surface area (Å²) < 4.78 is 46.5. The summed E-state index contributed by atoms with van der Waals surface area (Å²) in [5, 5.41) is 6.21. The number of carbonyl (C=O) groups excluding carboxylic acids is 1. The van der Waals surface area contributed by atoms with Crippen LogP contribution in [0.3, 0.4) is 0 Å². The second-order valence-corrected chi connectivity index (χ2v) is 6.13. The predicted molar refractivity (Wildman–Crippen MR) is 91.2 cm³/mol. The van der Waals surface area contributed by atoms with Gasteiger partial charge < -0.3 is 10.1 Å². The zero-order valence-corrected chi connectivity index (χ0v) is 14.7. The summed E-state index contributed by atoms with van der Waals surface area (Å²) in [5.74, 6) is 0.887. The highest BCUT2D eigenvalue weighted by Gasteiger charge is 2.31. The standard InChI is InChI=1S/C17H15F3N6O2/c1-21-16(27)10-2-3-13-12(6-10)25-7-11(24-14(25)4-5-28-13)15-22-9-23-26(15)8-17(18,19)20/h2-3,6-7,9H,4-5,8H2,1H3,(H,21,27). The summed E-state index contributed by atoms with van der Waals surface area (Å²) in [6.45, 7) is -0.914. The fraction of sp³-hybridized carbons (Fsp3) is 0.294. The number of alkyl halides is 3. The molecular weight excluding hydrogens is 377 g/mol. The molecule has 1 aliphatic heterocycles. The van der Waals surface area contributed by atoms with Crippen molar-refractivity contribution in [2.24, 2.45) is 0 Å². The van der Waals surface area contributed by atoms with Crippen LogP contribution in [0, 0.1) is 0 Å². The van der Waals surface area contributed by atoms with Crippen molar-refractivity contribution in [1.29, 1.82) is 0 Å². The van der Waals surface area contributed by atoms with Crippen LogP contribution >= 0.6 is 0 Å². The molecule has 3 heterocycles.